The van der Waals surface area contributed by atoms with E-state index < -0.39 is 0 Å². The summed E-state index contributed by atoms with van der Waals surface area (Å²) in [6, 6.07) is 17.3. The molecule has 3 heterocycles. The standard InChI is InChI=1S/C21H17N3OS/c1-14(20-7-4-12-26-20)23-21(25)17-13-19(15-8-10-22-11-9-15)24-18-6-3-2-5-16(17)18/h2-14H,1H3,(H,23,25)/t14-/m0/s1. The number of para-hydroxylation sites is 1. The Morgan fingerprint density at radius 1 is 1.08 bits per heavy atom. The molecule has 1 atom stereocenters. The summed E-state index contributed by atoms with van der Waals surface area (Å²) in [4.78, 5) is 22.9. The number of hydrogen-bond acceptors (Lipinski definition) is 4. The molecule has 0 aliphatic heterocycles. The SMILES string of the molecule is C[C@H](NC(=O)c1cc(-c2ccncc2)nc2ccccc12)c1cccs1. The Labute approximate surface area is 155 Å². The Balaban J connectivity index is 1.76. The van der Waals surface area contributed by atoms with Crippen LogP contribution in [0.15, 0.2) is 72.4 Å². The van der Waals surface area contributed by atoms with Crippen molar-refractivity contribution in [2.24, 2.45) is 0 Å². The second-order valence-electron chi connectivity index (χ2n) is 6.02. The topological polar surface area (TPSA) is 54.9 Å². The second kappa shape index (κ2) is 7.06. The first-order valence-corrected chi connectivity index (χ1v) is 9.25. The lowest BCUT2D eigenvalue weighted by molar-refractivity contribution is 0.0942. The van der Waals surface area contributed by atoms with E-state index in [9.17, 15) is 4.79 Å². The number of nitrogens with one attached hydrogen (secondary N) is 1. The molecule has 128 valence electrons. The van der Waals surface area contributed by atoms with E-state index in [1.165, 1.54) is 0 Å². The van der Waals surface area contributed by atoms with Crippen LogP contribution in [0.5, 0.6) is 0 Å². The van der Waals surface area contributed by atoms with Crippen molar-refractivity contribution >= 4 is 28.1 Å². The van der Waals surface area contributed by atoms with E-state index in [4.69, 9.17) is 4.98 Å². The van der Waals surface area contributed by atoms with E-state index in [1.54, 1.807) is 23.7 Å². The van der Waals surface area contributed by atoms with Crippen molar-refractivity contribution < 1.29 is 4.79 Å². The van der Waals surface area contributed by atoms with Crippen molar-refractivity contribution in [1.82, 2.24) is 15.3 Å². The zero-order valence-electron chi connectivity index (χ0n) is 14.2. The molecular formula is C21H17N3OS. The van der Waals surface area contributed by atoms with Gasteiger partial charge in [-0.15, -0.1) is 11.3 Å². The molecule has 0 bridgehead atoms. The molecule has 4 rings (SSSR count). The Hall–Kier alpha value is -3.05. The number of benzene rings is 1. The highest BCUT2D eigenvalue weighted by Crippen LogP contribution is 2.25. The number of nitrogens with zero attached hydrogens (tertiary/aromatic N) is 2. The van der Waals surface area contributed by atoms with Crippen LogP contribution in [-0.2, 0) is 0 Å². The number of fused-ring (bicyclic) bond motifs is 1. The maximum Gasteiger partial charge on any atom is 0.252 e. The van der Waals surface area contributed by atoms with Crippen LogP contribution in [0.4, 0.5) is 0 Å². The van der Waals surface area contributed by atoms with Gasteiger partial charge in [0.05, 0.1) is 22.8 Å². The fraction of sp³-hybridized carbons (Fsp3) is 0.0952. The molecule has 0 saturated heterocycles. The number of aromatic nitrogens is 2. The van der Waals surface area contributed by atoms with Gasteiger partial charge in [-0.1, -0.05) is 24.3 Å². The highest BCUT2D eigenvalue weighted by Gasteiger charge is 2.17. The van der Waals surface area contributed by atoms with Crippen molar-refractivity contribution in [3.05, 3.63) is 82.8 Å². The quantitative estimate of drug-likeness (QED) is 0.567. The van der Waals surface area contributed by atoms with Crippen molar-refractivity contribution in [3.63, 3.8) is 0 Å². The zero-order chi connectivity index (χ0) is 17.9. The fourth-order valence-corrected chi connectivity index (χ4v) is 3.65. The highest BCUT2D eigenvalue weighted by molar-refractivity contribution is 7.10. The minimum absolute atomic E-state index is 0.0428. The molecular weight excluding hydrogens is 342 g/mol. The molecule has 1 N–H and O–H groups in total. The molecule has 0 unspecified atom stereocenters. The van der Waals surface area contributed by atoms with Gasteiger partial charge in [-0.2, -0.15) is 0 Å². The number of carbonyl (C=O) groups excluding carboxylic acids is 1. The minimum Gasteiger partial charge on any atom is -0.345 e. The van der Waals surface area contributed by atoms with E-state index in [0.717, 1.165) is 27.0 Å². The van der Waals surface area contributed by atoms with Crippen LogP contribution in [0.3, 0.4) is 0 Å². The fourth-order valence-electron chi connectivity index (χ4n) is 2.92. The maximum absolute atomic E-state index is 13.0. The van der Waals surface area contributed by atoms with Crippen LogP contribution in [0, 0.1) is 0 Å². The van der Waals surface area contributed by atoms with Crippen molar-refractivity contribution in [3.8, 4) is 11.3 Å². The van der Waals surface area contributed by atoms with Crippen molar-refractivity contribution in [2.75, 3.05) is 0 Å². The molecule has 26 heavy (non-hydrogen) atoms. The minimum atomic E-state index is -0.0974. The Morgan fingerprint density at radius 2 is 1.88 bits per heavy atom. The molecule has 0 aliphatic carbocycles. The van der Waals surface area contributed by atoms with Gasteiger partial charge in [0.1, 0.15) is 0 Å². The third-order valence-corrected chi connectivity index (χ3v) is 5.31. The van der Waals surface area contributed by atoms with Crippen molar-refractivity contribution in [1.29, 1.82) is 0 Å². The summed E-state index contributed by atoms with van der Waals surface area (Å²) in [7, 11) is 0. The van der Waals surface area contributed by atoms with Gasteiger partial charge in [0, 0.05) is 28.2 Å². The molecule has 1 amide bonds. The van der Waals surface area contributed by atoms with Gasteiger partial charge in [-0.05, 0) is 42.6 Å². The summed E-state index contributed by atoms with van der Waals surface area (Å²) >= 11 is 1.64. The summed E-state index contributed by atoms with van der Waals surface area (Å²) < 4.78 is 0. The number of carbonyl (C=O) groups is 1. The lowest BCUT2D eigenvalue weighted by Crippen LogP contribution is -2.26. The van der Waals surface area contributed by atoms with Crippen molar-refractivity contribution in [2.45, 2.75) is 13.0 Å². The lowest BCUT2D eigenvalue weighted by atomic mass is 10.0. The molecule has 1 aromatic carbocycles. The number of rotatable bonds is 4. The van der Waals surface area contributed by atoms with Crippen LogP contribution < -0.4 is 5.32 Å². The molecule has 4 aromatic rings. The monoisotopic (exact) mass is 359 g/mol. The number of pyridine rings is 2. The molecule has 0 spiro atoms. The van der Waals surface area contributed by atoms with E-state index in [0.29, 0.717) is 5.56 Å². The molecule has 5 heteroatoms. The van der Waals surface area contributed by atoms with E-state index in [-0.39, 0.29) is 11.9 Å². The third-order valence-electron chi connectivity index (χ3n) is 4.25. The molecule has 0 aliphatic rings. The Kier molecular flexibility index (Phi) is 4.46. The van der Waals surface area contributed by atoms with Gasteiger partial charge < -0.3 is 5.32 Å². The van der Waals surface area contributed by atoms with Gasteiger partial charge in [-0.25, -0.2) is 4.98 Å². The Bertz CT molecular complexity index is 1050. The van der Waals surface area contributed by atoms with Gasteiger partial charge in [0.15, 0.2) is 0 Å². The zero-order valence-corrected chi connectivity index (χ0v) is 15.0. The summed E-state index contributed by atoms with van der Waals surface area (Å²) in [6.45, 7) is 2.00. The molecule has 0 fully saturated rings. The average Bonchev–Trinajstić information content (AvgIpc) is 3.23. The summed E-state index contributed by atoms with van der Waals surface area (Å²) in [6.07, 6.45) is 3.45. The van der Waals surface area contributed by atoms with Gasteiger partial charge in [-0.3, -0.25) is 9.78 Å². The molecule has 0 radical (unpaired) electrons. The van der Waals surface area contributed by atoms with Gasteiger partial charge in [0.2, 0.25) is 0 Å². The smallest absolute Gasteiger partial charge is 0.252 e. The normalized spacial score (nSPS) is 12.0. The second-order valence-corrected chi connectivity index (χ2v) is 7.00. The number of thiophene rings is 1. The van der Waals surface area contributed by atoms with Gasteiger partial charge in [0.25, 0.3) is 5.91 Å². The van der Waals surface area contributed by atoms with Crippen LogP contribution >= 0.6 is 11.3 Å². The predicted molar refractivity (Wildman–Crippen MR) is 105 cm³/mol. The first kappa shape index (κ1) is 16.4. The molecule has 4 nitrogen and oxygen atoms in total. The van der Waals surface area contributed by atoms with Crippen LogP contribution in [0.1, 0.15) is 28.2 Å². The summed E-state index contributed by atoms with van der Waals surface area (Å²) in [5, 5.41) is 5.96. The van der Waals surface area contributed by atoms with Crippen LogP contribution in [0.2, 0.25) is 0 Å². The average molecular weight is 359 g/mol. The largest absolute Gasteiger partial charge is 0.345 e. The van der Waals surface area contributed by atoms with E-state index in [1.807, 2.05) is 66.9 Å². The molecule has 3 aromatic heterocycles. The van der Waals surface area contributed by atoms with Crippen LogP contribution in [-0.4, -0.2) is 15.9 Å². The lowest BCUT2D eigenvalue weighted by Gasteiger charge is -2.14. The van der Waals surface area contributed by atoms with Crippen LogP contribution in [0.25, 0.3) is 22.2 Å². The van der Waals surface area contributed by atoms with Gasteiger partial charge >= 0.3 is 0 Å². The Morgan fingerprint density at radius 3 is 2.65 bits per heavy atom. The van der Waals surface area contributed by atoms with E-state index in [2.05, 4.69) is 10.3 Å². The number of hydrogen-bond donors (Lipinski definition) is 1. The number of amides is 1. The first-order valence-electron chi connectivity index (χ1n) is 8.37. The highest BCUT2D eigenvalue weighted by atomic mass is 32.1. The van der Waals surface area contributed by atoms with E-state index >= 15 is 0 Å². The maximum atomic E-state index is 13.0. The summed E-state index contributed by atoms with van der Waals surface area (Å²) in [5.74, 6) is -0.0974. The summed E-state index contributed by atoms with van der Waals surface area (Å²) in [5.41, 5.74) is 3.13. The molecule has 0 saturated carbocycles. The first-order chi connectivity index (χ1) is 12.7. The predicted octanol–water partition coefficient (Wildman–Crippen LogP) is 4.85. The third kappa shape index (κ3) is 3.21.